The molecule has 0 bridgehead atoms. The largest absolute Gasteiger partial charge is 0.370 e. The first-order chi connectivity index (χ1) is 14.2. The van der Waals surface area contributed by atoms with Crippen LogP contribution < -0.4 is 11.1 Å². The summed E-state index contributed by atoms with van der Waals surface area (Å²) < 4.78 is 33.3. The van der Waals surface area contributed by atoms with Crippen molar-refractivity contribution in [1.82, 2.24) is 15.5 Å². The van der Waals surface area contributed by atoms with Crippen molar-refractivity contribution in [3.63, 3.8) is 0 Å². The highest BCUT2D eigenvalue weighted by atomic mass is 19.3. The number of primary amides is 1. The van der Waals surface area contributed by atoms with Crippen LogP contribution in [0, 0.1) is 6.42 Å². The van der Waals surface area contributed by atoms with Crippen LogP contribution in [0.2, 0.25) is 0 Å². The number of carbonyl (C=O) groups excluding carboxylic acids is 3. The van der Waals surface area contributed by atoms with E-state index in [2.05, 4.69) is 15.5 Å². The lowest BCUT2D eigenvalue weighted by molar-refractivity contribution is -0.120. The molecule has 30 heavy (non-hydrogen) atoms. The van der Waals surface area contributed by atoms with E-state index in [9.17, 15) is 23.2 Å². The van der Waals surface area contributed by atoms with Crippen molar-refractivity contribution < 1.29 is 27.7 Å². The van der Waals surface area contributed by atoms with Gasteiger partial charge in [0.05, 0.1) is 12.8 Å². The molecule has 0 unspecified atom stereocenters. The Labute approximate surface area is 171 Å². The average molecular weight is 419 g/mol. The van der Waals surface area contributed by atoms with Gasteiger partial charge in [-0.3, -0.25) is 14.4 Å². The van der Waals surface area contributed by atoms with Gasteiger partial charge < -0.3 is 15.6 Å². The number of amides is 2. The van der Waals surface area contributed by atoms with Crippen LogP contribution in [0.25, 0.3) is 0 Å². The Morgan fingerprint density at radius 2 is 1.97 bits per heavy atom. The predicted molar refractivity (Wildman–Crippen MR) is 100 cm³/mol. The van der Waals surface area contributed by atoms with Crippen molar-refractivity contribution in [1.29, 1.82) is 0 Å². The van der Waals surface area contributed by atoms with Crippen molar-refractivity contribution in [3.8, 4) is 0 Å². The van der Waals surface area contributed by atoms with Gasteiger partial charge in [-0.1, -0.05) is 35.5 Å². The predicted octanol–water partition coefficient (Wildman–Crippen LogP) is 1.96. The number of hydrogen-bond donors (Lipinski definition) is 2. The summed E-state index contributed by atoms with van der Waals surface area (Å²) in [6.45, 7) is 0. The van der Waals surface area contributed by atoms with E-state index in [0.717, 1.165) is 19.3 Å². The zero-order valence-electron chi connectivity index (χ0n) is 16.0. The van der Waals surface area contributed by atoms with E-state index >= 15 is 0 Å². The second-order valence-electron chi connectivity index (χ2n) is 7.25. The van der Waals surface area contributed by atoms with Crippen LogP contribution in [0.15, 0.2) is 34.9 Å². The topological polar surface area (TPSA) is 128 Å². The number of halogens is 2. The SMILES string of the molecule is NC(=O)C[C@H](NC(=O)[CH]CC(F)(F)Cc1ccccc1)C(=O)c1noc(C2CC2)n1. The summed E-state index contributed by atoms with van der Waals surface area (Å²) in [5.41, 5.74) is 5.57. The molecule has 0 saturated heterocycles. The zero-order valence-corrected chi connectivity index (χ0v) is 16.0. The minimum atomic E-state index is -3.16. The molecule has 1 aliphatic rings. The molecule has 0 aliphatic heterocycles. The highest BCUT2D eigenvalue weighted by molar-refractivity contribution is 6.02. The average Bonchev–Trinajstić information content (AvgIpc) is 3.42. The molecule has 1 aromatic carbocycles. The van der Waals surface area contributed by atoms with E-state index in [1.807, 2.05) is 0 Å². The molecule has 8 nitrogen and oxygen atoms in total. The van der Waals surface area contributed by atoms with Gasteiger partial charge in [-0.05, 0) is 18.4 Å². The smallest absolute Gasteiger partial charge is 0.252 e. The van der Waals surface area contributed by atoms with E-state index in [1.54, 1.807) is 30.3 Å². The molecular formula is C20H21F2N4O4. The van der Waals surface area contributed by atoms with Crippen molar-refractivity contribution in [2.75, 3.05) is 0 Å². The normalized spacial score (nSPS) is 14.9. The Morgan fingerprint density at radius 3 is 2.60 bits per heavy atom. The van der Waals surface area contributed by atoms with Crippen molar-refractivity contribution in [2.24, 2.45) is 5.73 Å². The van der Waals surface area contributed by atoms with Gasteiger partial charge in [-0.2, -0.15) is 4.98 Å². The van der Waals surface area contributed by atoms with Crippen LogP contribution in [0.1, 0.15) is 53.7 Å². The van der Waals surface area contributed by atoms with Crippen LogP contribution in [0.3, 0.4) is 0 Å². The van der Waals surface area contributed by atoms with Crippen LogP contribution in [-0.4, -0.2) is 39.7 Å². The number of ketones is 1. The highest BCUT2D eigenvalue weighted by Crippen LogP contribution is 2.38. The van der Waals surface area contributed by atoms with E-state index in [0.29, 0.717) is 11.5 Å². The highest BCUT2D eigenvalue weighted by Gasteiger charge is 2.34. The van der Waals surface area contributed by atoms with Crippen molar-refractivity contribution in [2.45, 2.75) is 50.0 Å². The Balaban J connectivity index is 1.57. The monoisotopic (exact) mass is 419 g/mol. The third-order valence-electron chi connectivity index (χ3n) is 4.52. The summed E-state index contributed by atoms with van der Waals surface area (Å²) in [5.74, 6) is -5.57. The molecule has 1 fully saturated rings. The van der Waals surface area contributed by atoms with E-state index in [4.69, 9.17) is 10.3 Å². The Bertz CT molecular complexity index is 913. The first-order valence-corrected chi connectivity index (χ1v) is 9.45. The van der Waals surface area contributed by atoms with Crippen LogP contribution in [0.4, 0.5) is 8.78 Å². The third-order valence-corrected chi connectivity index (χ3v) is 4.52. The first kappa shape index (κ1) is 21.5. The number of alkyl halides is 2. The Hall–Kier alpha value is -3.17. The van der Waals surface area contributed by atoms with Crippen molar-refractivity contribution >= 4 is 17.6 Å². The van der Waals surface area contributed by atoms with E-state index < -0.39 is 48.8 Å². The van der Waals surface area contributed by atoms with Crippen LogP contribution >= 0.6 is 0 Å². The van der Waals surface area contributed by atoms with Gasteiger partial charge in [0, 0.05) is 18.8 Å². The maximum Gasteiger partial charge on any atom is 0.252 e. The molecule has 159 valence electrons. The summed E-state index contributed by atoms with van der Waals surface area (Å²) in [7, 11) is 0. The molecule has 1 aliphatic carbocycles. The van der Waals surface area contributed by atoms with Gasteiger partial charge in [-0.25, -0.2) is 8.78 Å². The lowest BCUT2D eigenvalue weighted by Crippen LogP contribution is -2.44. The van der Waals surface area contributed by atoms with Gasteiger partial charge >= 0.3 is 0 Å². The second kappa shape index (κ2) is 9.10. The van der Waals surface area contributed by atoms with Gasteiger partial charge in [0.15, 0.2) is 0 Å². The van der Waals surface area contributed by atoms with E-state index in [-0.39, 0.29) is 11.7 Å². The van der Waals surface area contributed by atoms with Crippen LogP contribution in [0.5, 0.6) is 0 Å². The summed E-state index contributed by atoms with van der Waals surface area (Å²) in [4.78, 5) is 39.9. The Kier molecular flexibility index (Phi) is 6.53. The summed E-state index contributed by atoms with van der Waals surface area (Å²) in [5, 5.41) is 5.81. The van der Waals surface area contributed by atoms with Gasteiger partial charge in [0.1, 0.15) is 6.04 Å². The van der Waals surface area contributed by atoms with Gasteiger partial charge in [-0.15, -0.1) is 0 Å². The fourth-order valence-electron chi connectivity index (χ4n) is 2.84. The fourth-order valence-corrected chi connectivity index (χ4v) is 2.84. The number of nitrogens with two attached hydrogens (primary N) is 1. The first-order valence-electron chi connectivity index (χ1n) is 9.45. The number of carbonyl (C=O) groups is 3. The minimum absolute atomic E-state index is 0.114. The van der Waals surface area contributed by atoms with Gasteiger partial charge in [0.2, 0.25) is 29.3 Å². The quantitative estimate of drug-likeness (QED) is 0.536. The molecule has 10 heteroatoms. The molecular weight excluding hydrogens is 398 g/mol. The third kappa shape index (κ3) is 6.16. The number of Topliss-reactive ketones (excluding diaryl/α,β-unsaturated/α-hetero) is 1. The molecule has 1 saturated carbocycles. The van der Waals surface area contributed by atoms with Crippen molar-refractivity contribution in [3.05, 3.63) is 54.0 Å². The molecule has 1 radical (unpaired) electrons. The summed E-state index contributed by atoms with van der Waals surface area (Å²) >= 11 is 0. The molecule has 1 atom stereocenters. The lowest BCUT2D eigenvalue weighted by atomic mass is 10.0. The molecule has 1 heterocycles. The lowest BCUT2D eigenvalue weighted by Gasteiger charge is -2.18. The standard InChI is InChI=1S/C20H21F2N4O4/c21-20(22,11-12-4-2-1-3-5-12)9-8-16(28)24-14(10-15(23)27)17(29)18-25-19(30-26-18)13-6-7-13/h1-5,8,13-14H,6-7,9-11H2,(H2,23,27)(H,24,28)/t14-/m0/s1. The minimum Gasteiger partial charge on any atom is -0.370 e. The van der Waals surface area contributed by atoms with Gasteiger partial charge in [0.25, 0.3) is 5.92 Å². The number of aromatic nitrogens is 2. The zero-order chi connectivity index (χ0) is 21.7. The molecule has 2 amide bonds. The van der Waals surface area contributed by atoms with E-state index in [1.165, 1.54) is 0 Å². The number of nitrogens with one attached hydrogen (secondary N) is 1. The number of rotatable bonds is 11. The number of nitrogens with zero attached hydrogens (tertiary/aromatic N) is 2. The molecule has 1 aromatic heterocycles. The Morgan fingerprint density at radius 1 is 1.27 bits per heavy atom. The molecule has 3 rings (SSSR count). The number of benzene rings is 1. The molecule has 2 aromatic rings. The summed E-state index contributed by atoms with van der Waals surface area (Å²) in [6.07, 6.45) is 0.613. The maximum absolute atomic E-state index is 14.1. The number of hydrogen-bond acceptors (Lipinski definition) is 6. The molecule has 0 spiro atoms. The fraction of sp³-hybridized carbons (Fsp3) is 0.400. The maximum atomic E-state index is 14.1. The van der Waals surface area contributed by atoms with Crippen LogP contribution in [-0.2, 0) is 16.0 Å². The second-order valence-corrected chi connectivity index (χ2v) is 7.25. The molecule has 3 N–H and O–H groups in total. The summed E-state index contributed by atoms with van der Waals surface area (Å²) in [6, 6.07) is 6.77.